The molecule has 2 heterocycles. The molecular formula is C23H27N3O5S2. The lowest BCUT2D eigenvalue weighted by Crippen LogP contribution is -2.43. The molecule has 0 radical (unpaired) electrons. The number of ether oxygens (including phenoxy) is 1. The van der Waals surface area contributed by atoms with Gasteiger partial charge in [0, 0.05) is 23.7 Å². The van der Waals surface area contributed by atoms with Crippen molar-refractivity contribution in [1.29, 1.82) is 0 Å². The highest BCUT2D eigenvalue weighted by Gasteiger charge is 2.31. The highest BCUT2D eigenvalue weighted by atomic mass is 32.2. The van der Waals surface area contributed by atoms with Crippen LogP contribution in [0.25, 0.3) is 0 Å². The molecular weight excluding hydrogens is 462 g/mol. The summed E-state index contributed by atoms with van der Waals surface area (Å²) in [6.45, 7) is 0.512. The Hall–Kier alpha value is -2.56. The maximum atomic E-state index is 13.2. The Kier molecular flexibility index (Phi) is 7.26. The first-order chi connectivity index (χ1) is 15.9. The van der Waals surface area contributed by atoms with Crippen LogP contribution in [0.3, 0.4) is 0 Å². The Balaban J connectivity index is 1.57. The first kappa shape index (κ1) is 23.6. The van der Waals surface area contributed by atoms with Crippen molar-refractivity contribution in [2.24, 2.45) is 0 Å². The molecule has 2 aromatic carbocycles. The third kappa shape index (κ3) is 5.34. The van der Waals surface area contributed by atoms with Gasteiger partial charge in [0.25, 0.3) is 5.91 Å². The number of hydrogen-bond acceptors (Lipinski definition) is 6. The van der Waals surface area contributed by atoms with Crippen molar-refractivity contribution in [1.82, 2.24) is 4.31 Å². The lowest BCUT2D eigenvalue weighted by atomic mass is 10.2. The third-order valence-electron chi connectivity index (χ3n) is 5.73. The molecule has 2 aliphatic rings. The minimum absolute atomic E-state index is 0.0968. The fourth-order valence-electron chi connectivity index (χ4n) is 3.99. The third-order valence-corrected chi connectivity index (χ3v) is 8.35. The van der Waals surface area contributed by atoms with Gasteiger partial charge < -0.3 is 10.1 Å². The number of thioether (sulfide) groups is 1. The van der Waals surface area contributed by atoms with Gasteiger partial charge in [0.05, 0.1) is 10.6 Å². The minimum atomic E-state index is -3.71. The van der Waals surface area contributed by atoms with E-state index in [1.807, 2.05) is 24.5 Å². The molecule has 2 aliphatic heterocycles. The number of sulfonamides is 1. The predicted molar refractivity (Wildman–Crippen MR) is 128 cm³/mol. The van der Waals surface area contributed by atoms with Gasteiger partial charge in [-0.25, -0.2) is 8.42 Å². The van der Waals surface area contributed by atoms with Crippen LogP contribution in [0, 0.1) is 0 Å². The van der Waals surface area contributed by atoms with Gasteiger partial charge in [0.2, 0.25) is 15.9 Å². The molecule has 1 N–H and O–H groups in total. The number of anilines is 2. The van der Waals surface area contributed by atoms with Crippen LogP contribution in [0.1, 0.15) is 25.7 Å². The van der Waals surface area contributed by atoms with Crippen molar-refractivity contribution in [3.05, 3.63) is 42.5 Å². The number of benzene rings is 2. The van der Waals surface area contributed by atoms with E-state index < -0.39 is 15.9 Å². The zero-order valence-electron chi connectivity index (χ0n) is 18.5. The minimum Gasteiger partial charge on any atom is -0.482 e. The fraction of sp³-hybridized carbons (Fsp3) is 0.391. The average Bonchev–Trinajstić information content (AvgIpc) is 3.11. The van der Waals surface area contributed by atoms with E-state index in [2.05, 4.69) is 5.32 Å². The molecule has 2 aromatic rings. The Morgan fingerprint density at radius 3 is 2.58 bits per heavy atom. The van der Waals surface area contributed by atoms with Gasteiger partial charge in [-0.3, -0.25) is 14.5 Å². The van der Waals surface area contributed by atoms with Crippen molar-refractivity contribution in [2.75, 3.05) is 42.7 Å². The Bertz CT molecular complexity index is 1140. The van der Waals surface area contributed by atoms with E-state index in [9.17, 15) is 18.0 Å². The lowest BCUT2D eigenvalue weighted by molar-refractivity contribution is -0.123. The first-order valence-corrected chi connectivity index (χ1v) is 13.6. The van der Waals surface area contributed by atoms with Gasteiger partial charge in [0.1, 0.15) is 12.3 Å². The van der Waals surface area contributed by atoms with Gasteiger partial charge in [-0.2, -0.15) is 4.31 Å². The summed E-state index contributed by atoms with van der Waals surface area (Å²) in [4.78, 5) is 27.7. The predicted octanol–water partition coefficient (Wildman–Crippen LogP) is 3.34. The van der Waals surface area contributed by atoms with Crippen LogP contribution in [-0.2, 0) is 19.6 Å². The van der Waals surface area contributed by atoms with Crippen molar-refractivity contribution in [3.63, 3.8) is 0 Å². The number of nitrogens with one attached hydrogen (secondary N) is 1. The van der Waals surface area contributed by atoms with Gasteiger partial charge in [-0.05, 0) is 55.5 Å². The quantitative estimate of drug-likeness (QED) is 0.626. The van der Waals surface area contributed by atoms with Gasteiger partial charge in [0.15, 0.2) is 6.61 Å². The smallest absolute Gasteiger partial charge is 0.265 e. The second-order valence-corrected chi connectivity index (χ2v) is 10.8. The van der Waals surface area contributed by atoms with Gasteiger partial charge >= 0.3 is 0 Å². The Morgan fingerprint density at radius 1 is 1.09 bits per heavy atom. The van der Waals surface area contributed by atoms with Crippen LogP contribution < -0.4 is 15.0 Å². The molecule has 176 valence electrons. The summed E-state index contributed by atoms with van der Waals surface area (Å²) < 4.78 is 33.5. The molecule has 0 unspecified atom stereocenters. The summed E-state index contributed by atoms with van der Waals surface area (Å²) in [6.07, 6.45) is 5.63. The Morgan fingerprint density at radius 2 is 1.85 bits per heavy atom. The number of hydrogen-bond donors (Lipinski definition) is 1. The molecule has 0 atom stereocenters. The van der Waals surface area contributed by atoms with Crippen molar-refractivity contribution in [3.8, 4) is 5.75 Å². The number of rotatable bonds is 6. The molecule has 33 heavy (non-hydrogen) atoms. The molecule has 4 rings (SSSR count). The van der Waals surface area contributed by atoms with E-state index in [4.69, 9.17) is 4.74 Å². The topological polar surface area (TPSA) is 96.0 Å². The molecule has 0 bridgehead atoms. The first-order valence-electron chi connectivity index (χ1n) is 10.9. The van der Waals surface area contributed by atoms with E-state index >= 15 is 0 Å². The van der Waals surface area contributed by atoms with Gasteiger partial charge in [-0.15, -0.1) is 11.8 Å². The second-order valence-electron chi connectivity index (χ2n) is 8.00. The van der Waals surface area contributed by atoms with E-state index in [1.54, 1.807) is 23.9 Å². The highest BCUT2D eigenvalue weighted by molar-refractivity contribution is 7.98. The van der Waals surface area contributed by atoms with Gasteiger partial charge in [-0.1, -0.05) is 18.9 Å². The van der Waals surface area contributed by atoms with Crippen LogP contribution in [0.5, 0.6) is 5.75 Å². The summed E-state index contributed by atoms with van der Waals surface area (Å²) in [5.74, 6) is -0.406. The molecule has 0 saturated carbocycles. The molecule has 1 saturated heterocycles. The van der Waals surface area contributed by atoms with Crippen molar-refractivity contribution < 1.29 is 22.7 Å². The number of carbonyl (C=O) groups excluding carboxylic acids is 2. The van der Waals surface area contributed by atoms with E-state index in [1.165, 1.54) is 21.3 Å². The van der Waals surface area contributed by atoms with Crippen LogP contribution in [0.2, 0.25) is 0 Å². The maximum Gasteiger partial charge on any atom is 0.265 e. The van der Waals surface area contributed by atoms with Crippen LogP contribution in [0.15, 0.2) is 52.3 Å². The highest BCUT2D eigenvalue weighted by Crippen LogP contribution is 2.35. The normalized spacial score (nSPS) is 17.1. The van der Waals surface area contributed by atoms with E-state index in [0.29, 0.717) is 24.5 Å². The zero-order valence-corrected chi connectivity index (χ0v) is 20.1. The summed E-state index contributed by atoms with van der Waals surface area (Å²) in [5, 5.41) is 2.81. The molecule has 8 nitrogen and oxygen atoms in total. The van der Waals surface area contributed by atoms with Crippen molar-refractivity contribution in [2.45, 2.75) is 35.5 Å². The van der Waals surface area contributed by atoms with Crippen LogP contribution >= 0.6 is 11.8 Å². The van der Waals surface area contributed by atoms with Crippen LogP contribution in [-0.4, -0.2) is 57.0 Å². The number of fused-ring (bicyclic) bond motifs is 1. The summed E-state index contributed by atoms with van der Waals surface area (Å²) in [5.41, 5.74) is 0.917. The fourth-order valence-corrected chi connectivity index (χ4v) is 5.99. The number of carbonyl (C=O) groups is 2. The molecule has 10 heteroatoms. The maximum absolute atomic E-state index is 13.2. The van der Waals surface area contributed by atoms with Crippen LogP contribution in [0.4, 0.5) is 11.4 Å². The van der Waals surface area contributed by atoms with E-state index in [0.717, 1.165) is 30.6 Å². The summed E-state index contributed by atoms with van der Waals surface area (Å²) in [7, 11) is -3.71. The summed E-state index contributed by atoms with van der Waals surface area (Å²) in [6, 6.07) is 11.9. The SMILES string of the molecule is CSc1cccc(NC(=O)CN2C(=O)COc3ccc(S(=O)(=O)N4CCCCCC4)cc32)c1. The largest absolute Gasteiger partial charge is 0.482 e. The van der Waals surface area contributed by atoms with Crippen molar-refractivity contribution >= 4 is 45.0 Å². The second kappa shape index (κ2) is 10.1. The lowest BCUT2D eigenvalue weighted by Gasteiger charge is -2.30. The standard InChI is InChI=1S/C23H27N3O5S2/c1-32-18-8-6-7-17(13-18)24-22(27)15-26-20-14-19(9-10-21(20)31-16-23(26)28)33(29,30)25-11-4-2-3-5-12-25/h6-10,13-14H,2-5,11-12,15-16H2,1H3,(H,24,27). The molecule has 2 amide bonds. The molecule has 0 spiro atoms. The zero-order chi connectivity index (χ0) is 23.4. The molecule has 1 fully saturated rings. The summed E-state index contributed by atoms with van der Waals surface area (Å²) >= 11 is 1.56. The monoisotopic (exact) mass is 489 g/mol. The number of nitrogens with zero attached hydrogens (tertiary/aromatic N) is 2. The molecule has 0 aliphatic carbocycles. The van der Waals surface area contributed by atoms with E-state index in [-0.39, 0.29) is 29.6 Å². The number of amides is 2. The molecule has 0 aromatic heterocycles. The average molecular weight is 490 g/mol. The Labute approximate surface area is 198 Å².